The Kier molecular flexibility index (Phi) is 21.8. The van der Waals surface area contributed by atoms with Crippen molar-refractivity contribution in [3.05, 3.63) is 0 Å². The molecule has 0 aliphatic rings. The lowest BCUT2D eigenvalue weighted by Gasteiger charge is -2.20. The lowest BCUT2D eigenvalue weighted by atomic mass is 10.0. The van der Waals surface area contributed by atoms with Gasteiger partial charge in [-0.1, -0.05) is 103 Å². The number of hydrazine groups is 1. The van der Waals surface area contributed by atoms with Gasteiger partial charge in [-0.15, -0.1) is 28.6 Å². The van der Waals surface area contributed by atoms with E-state index >= 15 is 0 Å². The predicted octanol–water partition coefficient (Wildman–Crippen LogP) is 6.10. The molecule has 2 amide bonds. The van der Waals surface area contributed by atoms with Crippen molar-refractivity contribution >= 4 is 35.0 Å². The summed E-state index contributed by atoms with van der Waals surface area (Å²) in [7, 11) is 0. The number of nitrogens with zero attached hydrogens (tertiary/aromatic N) is 2. The zero-order valence-electron chi connectivity index (χ0n) is 18.4. The molecule has 5 nitrogen and oxygen atoms in total. The molecule has 0 aromatic carbocycles. The van der Waals surface area contributed by atoms with Gasteiger partial charge >= 0.3 is 0 Å². The van der Waals surface area contributed by atoms with Gasteiger partial charge in [-0.3, -0.25) is 9.59 Å². The molecule has 7 heteroatoms. The summed E-state index contributed by atoms with van der Waals surface area (Å²) in [4.78, 5) is 22.9. The summed E-state index contributed by atoms with van der Waals surface area (Å²) in [6, 6.07) is 0. The highest BCUT2D eigenvalue weighted by Gasteiger charge is 2.15. The van der Waals surface area contributed by atoms with Gasteiger partial charge in [-0.2, -0.15) is 5.12 Å². The van der Waals surface area contributed by atoms with Crippen LogP contribution >= 0.6 is 23.2 Å². The molecular formula is C22H42Cl2N3O2. The summed E-state index contributed by atoms with van der Waals surface area (Å²) in [5, 5.41) is 0.920. The first-order chi connectivity index (χ1) is 14.2. The average Bonchev–Trinajstić information content (AvgIpc) is 2.74. The lowest BCUT2D eigenvalue weighted by Crippen LogP contribution is -2.51. The Morgan fingerprint density at radius 2 is 1.10 bits per heavy atom. The minimum absolute atomic E-state index is 0.222. The Bertz CT molecular complexity index is 398. The maximum absolute atomic E-state index is 11.6. The van der Waals surface area contributed by atoms with Crippen LogP contribution in [0.25, 0.3) is 0 Å². The number of carbonyl (C=O) groups excluding carboxylic acids is 2. The minimum Gasteiger partial charge on any atom is -0.272 e. The molecule has 0 aliphatic carbocycles. The minimum atomic E-state index is -0.471. The van der Waals surface area contributed by atoms with Crippen LogP contribution in [0, 0.1) is 0 Å². The molecule has 0 bridgehead atoms. The average molecular weight is 452 g/mol. The highest BCUT2D eigenvalue weighted by atomic mass is 35.5. The number of halogens is 2. The number of carbonyl (C=O) groups is 2. The zero-order chi connectivity index (χ0) is 21.6. The largest absolute Gasteiger partial charge is 0.272 e. The molecule has 1 radical (unpaired) electrons. The van der Waals surface area contributed by atoms with Crippen LogP contribution in [0.15, 0.2) is 0 Å². The van der Waals surface area contributed by atoms with Gasteiger partial charge in [-0.25, -0.2) is 5.43 Å². The molecule has 0 aromatic heterocycles. The van der Waals surface area contributed by atoms with Gasteiger partial charge in [0, 0.05) is 6.54 Å². The van der Waals surface area contributed by atoms with E-state index in [2.05, 4.69) is 17.8 Å². The molecule has 0 aliphatic heterocycles. The van der Waals surface area contributed by atoms with Gasteiger partial charge in [0.25, 0.3) is 11.8 Å². The van der Waals surface area contributed by atoms with Gasteiger partial charge in [0.15, 0.2) is 0 Å². The first-order valence-electron chi connectivity index (χ1n) is 11.6. The monoisotopic (exact) mass is 450 g/mol. The van der Waals surface area contributed by atoms with Crippen LogP contribution in [-0.4, -0.2) is 35.2 Å². The van der Waals surface area contributed by atoms with Crippen molar-refractivity contribution in [3.8, 4) is 0 Å². The van der Waals surface area contributed by atoms with E-state index < -0.39 is 11.8 Å². The van der Waals surface area contributed by atoms with Crippen molar-refractivity contribution in [2.45, 2.75) is 110 Å². The number of rotatable bonds is 20. The maximum atomic E-state index is 11.6. The summed E-state index contributed by atoms with van der Waals surface area (Å²) < 4.78 is 0. The van der Waals surface area contributed by atoms with Gasteiger partial charge in [0.2, 0.25) is 0 Å². The molecule has 0 fully saturated rings. The van der Waals surface area contributed by atoms with Crippen molar-refractivity contribution in [1.29, 1.82) is 0 Å². The van der Waals surface area contributed by atoms with E-state index in [-0.39, 0.29) is 11.8 Å². The Morgan fingerprint density at radius 3 is 1.48 bits per heavy atom. The number of nitrogens with one attached hydrogen (secondary N) is 1. The van der Waals surface area contributed by atoms with E-state index in [9.17, 15) is 9.59 Å². The number of alkyl halides is 2. The van der Waals surface area contributed by atoms with Crippen LogP contribution in [-0.2, 0) is 9.59 Å². The summed E-state index contributed by atoms with van der Waals surface area (Å²) >= 11 is 10.9. The fraction of sp³-hybridized carbons (Fsp3) is 0.909. The predicted molar refractivity (Wildman–Crippen MR) is 123 cm³/mol. The number of unbranched alkanes of at least 4 members (excludes halogenated alkanes) is 15. The molecule has 0 saturated carbocycles. The Hall–Kier alpha value is -0.520. The van der Waals surface area contributed by atoms with Gasteiger partial charge in [0.05, 0.1) is 0 Å². The van der Waals surface area contributed by atoms with E-state index in [1.165, 1.54) is 89.9 Å². The second-order valence-corrected chi connectivity index (χ2v) is 8.21. The van der Waals surface area contributed by atoms with Crippen molar-refractivity contribution in [3.63, 3.8) is 0 Å². The van der Waals surface area contributed by atoms with Crippen LogP contribution in [0.2, 0.25) is 0 Å². The highest BCUT2D eigenvalue weighted by Crippen LogP contribution is 2.13. The van der Waals surface area contributed by atoms with E-state index in [4.69, 9.17) is 23.2 Å². The van der Waals surface area contributed by atoms with Crippen molar-refractivity contribution < 1.29 is 9.59 Å². The maximum Gasteiger partial charge on any atom is 0.272 e. The topological polar surface area (TPSA) is 63.5 Å². The third-order valence-electron chi connectivity index (χ3n) is 4.96. The molecule has 0 heterocycles. The molecule has 0 spiro atoms. The Balaban J connectivity index is 3.39. The Labute approximate surface area is 188 Å². The summed E-state index contributed by atoms with van der Waals surface area (Å²) in [5.74, 6) is -1.38. The molecular weight excluding hydrogens is 409 g/mol. The summed E-state index contributed by atoms with van der Waals surface area (Å²) in [6.07, 6.45) is 21.0. The highest BCUT2D eigenvalue weighted by molar-refractivity contribution is 6.28. The molecule has 0 atom stereocenters. The van der Waals surface area contributed by atoms with Crippen LogP contribution in [0.1, 0.15) is 110 Å². The second kappa shape index (κ2) is 22.2. The fourth-order valence-corrected chi connectivity index (χ4v) is 3.38. The van der Waals surface area contributed by atoms with Crippen molar-refractivity contribution in [2.24, 2.45) is 0 Å². The smallest absolute Gasteiger partial charge is 0.272 e. The Morgan fingerprint density at radius 1 is 0.690 bits per heavy atom. The third kappa shape index (κ3) is 19.2. The van der Waals surface area contributed by atoms with E-state index in [0.29, 0.717) is 6.54 Å². The molecule has 0 aromatic rings. The molecule has 0 unspecified atom stereocenters. The first-order valence-corrected chi connectivity index (χ1v) is 12.6. The third-order valence-corrected chi connectivity index (χ3v) is 5.43. The van der Waals surface area contributed by atoms with Crippen molar-refractivity contribution in [2.75, 3.05) is 18.3 Å². The van der Waals surface area contributed by atoms with Crippen LogP contribution in [0.5, 0.6) is 0 Å². The number of hydrogen-bond donors (Lipinski definition) is 1. The number of hydrogen-bond acceptors (Lipinski definition) is 2. The van der Waals surface area contributed by atoms with E-state index in [1.54, 1.807) is 0 Å². The summed E-state index contributed by atoms with van der Waals surface area (Å²) in [5.41, 5.74) is 6.43. The number of amides is 2. The van der Waals surface area contributed by atoms with Gasteiger partial charge in [-0.05, 0) is 6.42 Å². The van der Waals surface area contributed by atoms with Gasteiger partial charge in [0.1, 0.15) is 11.8 Å². The van der Waals surface area contributed by atoms with Gasteiger partial charge < -0.3 is 0 Å². The molecule has 171 valence electrons. The SMILES string of the molecule is CCCCCCCCCCCCCCCCCC[N]N(NC(=O)CCl)C(=O)CCl. The fourth-order valence-electron chi connectivity index (χ4n) is 3.21. The van der Waals surface area contributed by atoms with Crippen LogP contribution in [0.4, 0.5) is 0 Å². The molecule has 0 rings (SSSR count). The molecule has 0 saturated heterocycles. The van der Waals surface area contributed by atoms with E-state index in [1.807, 2.05) is 0 Å². The second-order valence-electron chi connectivity index (χ2n) is 7.68. The van der Waals surface area contributed by atoms with E-state index in [0.717, 1.165) is 18.0 Å². The normalized spacial score (nSPS) is 10.9. The first kappa shape index (κ1) is 28.5. The summed E-state index contributed by atoms with van der Waals surface area (Å²) in [6.45, 7) is 2.76. The zero-order valence-corrected chi connectivity index (χ0v) is 19.9. The lowest BCUT2D eigenvalue weighted by molar-refractivity contribution is -0.143. The quantitative estimate of drug-likeness (QED) is 0.138. The van der Waals surface area contributed by atoms with Crippen LogP contribution < -0.4 is 10.9 Å². The molecule has 1 N–H and O–H groups in total. The molecule has 29 heavy (non-hydrogen) atoms. The standard InChI is InChI=1S/C22H42Cl2N3O2/c1-2-3-4-5-6-7-8-9-10-11-12-13-14-15-16-17-18-25-27(22(29)20-24)26-21(28)19-23/h2-20H2,1H3,(H,26,28). The van der Waals surface area contributed by atoms with Crippen molar-refractivity contribution in [1.82, 2.24) is 16.0 Å². The van der Waals surface area contributed by atoms with Crippen LogP contribution in [0.3, 0.4) is 0 Å².